The first-order valence-electron chi connectivity index (χ1n) is 15.8. The van der Waals surface area contributed by atoms with Gasteiger partial charge in [0.15, 0.2) is 17.9 Å². The highest BCUT2D eigenvalue weighted by atomic mass is 35.5. The van der Waals surface area contributed by atoms with Gasteiger partial charge in [-0.2, -0.15) is 0 Å². The number of halogens is 1. The lowest BCUT2D eigenvalue weighted by atomic mass is 9.98. The second kappa shape index (κ2) is 15.1. The van der Waals surface area contributed by atoms with Crippen LogP contribution in [0, 0.1) is 0 Å². The molecule has 1 N–H and O–H groups in total. The Morgan fingerprint density at radius 1 is 1.02 bits per heavy atom. The summed E-state index contributed by atoms with van der Waals surface area (Å²) in [4.78, 5) is 21.5. The number of benzene rings is 3. The van der Waals surface area contributed by atoms with Gasteiger partial charge in [0.1, 0.15) is 24.2 Å². The number of carbonyl (C=O) groups is 1. The van der Waals surface area contributed by atoms with Gasteiger partial charge >= 0.3 is 0 Å². The summed E-state index contributed by atoms with van der Waals surface area (Å²) in [6.45, 7) is 5.23. The maximum atomic E-state index is 12.9. The number of Topliss-reactive ketones (excluding diaryl/α,β-unsaturated/α-hetero) is 1. The molecular weight excluding hydrogens is 590 g/mol. The van der Waals surface area contributed by atoms with E-state index in [1.165, 1.54) is 12.0 Å². The predicted molar refractivity (Wildman–Crippen MR) is 173 cm³/mol. The zero-order valence-corrected chi connectivity index (χ0v) is 26.2. The van der Waals surface area contributed by atoms with E-state index in [2.05, 4.69) is 45.1 Å². The molecule has 2 aliphatic heterocycles. The Kier molecular flexibility index (Phi) is 10.5. The van der Waals surface area contributed by atoms with E-state index in [1.807, 2.05) is 36.4 Å². The van der Waals surface area contributed by atoms with Gasteiger partial charge in [-0.3, -0.25) is 14.6 Å². The van der Waals surface area contributed by atoms with Crippen molar-refractivity contribution in [1.82, 2.24) is 14.8 Å². The Balaban J connectivity index is 0.909. The molecule has 0 aliphatic carbocycles. The topological polar surface area (TPSA) is 88.3 Å². The lowest BCUT2D eigenvalue weighted by Crippen LogP contribution is -2.37. The van der Waals surface area contributed by atoms with Crippen LogP contribution in [0.5, 0.6) is 11.5 Å². The van der Waals surface area contributed by atoms with Crippen LogP contribution in [0.2, 0.25) is 5.02 Å². The molecule has 45 heavy (non-hydrogen) atoms. The molecule has 236 valence electrons. The number of hydrogen-bond acceptors (Lipinski definition) is 8. The largest absolute Gasteiger partial charge is 0.490 e. The van der Waals surface area contributed by atoms with Crippen molar-refractivity contribution in [2.24, 2.45) is 0 Å². The van der Waals surface area contributed by atoms with E-state index in [9.17, 15) is 9.90 Å². The van der Waals surface area contributed by atoms with Crippen LogP contribution in [-0.4, -0.2) is 64.1 Å². The Bertz CT molecular complexity index is 1520. The molecule has 9 heteroatoms. The lowest BCUT2D eigenvalue weighted by molar-refractivity contribution is 0.0836. The third-order valence-corrected chi connectivity index (χ3v) is 9.08. The number of piperidine rings is 1. The van der Waals surface area contributed by atoms with E-state index < -0.39 is 6.10 Å². The van der Waals surface area contributed by atoms with Crippen molar-refractivity contribution >= 4 is 17.4 Å². The van der Waals surface area contributed by atoms with Crippen LogP contribution in [0.1, 0.15) is 58.5 Å². The van der Waals surface area contributed by atoms with Crippen LogP contribution < -0.4 is 9.47 Å². The Morgan fingerprint density at radius 2 is 1.82 bits per heavy atom. The Hall–Kier alpha value is -3.69. The van der Waals surface area contributed by atoms with Gasteiger partial charge in [-0.25, -0.2) is 4.98 Å². The van der Waals surface area contributed by atoms with E-state index in [0.717, 1.165) is 62.3 Å². The second-order valence-electron chi connectivity index (χ2n) is 12.0. The van der Waals surface area contributed by atoms with Crippen LogP contribution in [0.25, 0.3) is 0 Å². The Labute approximate surface area is 269 Å². The van der Waals surface area contributed by atoms with Gasteiger partial charge in [0.2, 0.25) is 0 Å². The van der Waals surface area contributed by atoms with Gasteiger partial charge in [0, 0.05) is 51.3 Å². The standard InChI is InChI=1S/C36H40ClN3O5/c37-36-33-16-19-40(22-28(33)8-13-35(36)43-24-32-20-38-25-44-32)23-29(41)9-12-34(42)27-6-10-30(11-7-27)45-31-14-17-39(18-15-31)21-26-4-2-1-3-5-26/h1-8,10-11,13,20,25,29,31,41H,9,12,14-19,21-24H2/t29-/m0/s1. The summed E-state index contributed by atoms with van der Waals surface area (Å²) in [5.41, 5.74) is 4.19. The third kappa shape index (κ3) is 8.52. The first kappa shape index (κ1) is 31.3. The summed E-state index contributed by atoms with van der Waals surface area (Å²) in [5.74, 6) is 2.09. The fourth-order valence-electron chi connectivity index (χ4n) is 6.15. The van der Waals surface area contributed by atoms with Crippen molar-refractivity contribution < 1.29 is 23.8 Å². The molecule has 2 aliphatic rings. The lowest BCUT2D eigenvalue weighted by Gasteiger charge is -2.32. The zero-order chi connectivity index (χ0) is 31.0. The number of fused-ring (bicyclic) bond motifs is 1. The van der Waals surface area contributed by atoms with Gasteiger partial charge in [-0.15, -0.1) is 0 Å². The monoisotopic (exact) mass is 629 g/mol. The molecule has 6 rings (SSSR count). The van der Waals surface area contributed by atoms with Crippen LogP contribution in [-0.2, 0) is 26.1 Å². The zero-order valence-electron chi connectivity index (χ0n) is 25.4. The molecule has 0 saturated carbocycles. The highest BCUT2D eigenvalue weighted by molar-refractivity contribution is 6.33. The molecule has 1 aromatic heterocycles. The number of ketones is 1. The summed E-state index contributed by atoms with van der Waals surface area (Å²) in [5, 5.41) is 11.4. The number of rotatable bonds is 13. The molecule has 0 unspecified atom stereocenters. The third-order valence-electron chi connectivity index (χ3n) is 8.67. The molecular formula is C36H40ClN3O5. The van der Waals surface area contributed by atoms with Crippen molar-refractivity contribution in [1.29, 1.82) is 0 Å². The number of nitrogens with zero attached hydrogens (tertiary/aromatic N) is 3. The van der Waals surface area contributed by atoms with E-state index in [0.29, 0.717) is 48.0 Å². The molecule has 1 atom stereocenters. The first-order valence-corrected chi connectivity index (χ1v) is 16.1. The van der Waals surface area contributed by atoms with Crippen LogP contribution in [0.3, 0.4) is 0 Å². The number of carbonyl (C=O) groups excluding carboxylic acids is 1. The van der Waals surface area contributed by atoms with Gasteiger partial charge in [0.05, 0.1) is 17.3 Å². The average Bonchev–Trinajstić information content (AvgIpc) is 3.59. The fraction of sp³-hybridized carbons (Fsp3) is 0.389. The number of ether oxygens (including phenoxy) is 2. The number of hydrogen-bond donors (Lipinski definition) is 1. The number of aliphatic hydroxyl groups excluding tert-OH is 1. The molecule has 3 heterocycles. The van der Waals surface area contributed by atoms with Crippen molar-refractivity contribution in [3.63, 3.8) is 0 Å². The molecule has 4 aromatic rings. The van der Waals surface area contributed by atoms with Gasteiger partial charge in [-0.1, -0.05) is 48.0 Å². The summed E-state index contributed by atoms with van der Waals surface area (Å²) in [7, 11) is 0. The summed E-state index contributed by atoms with van der Waals surface area (Å²) < 4.78 is 17.3. The number of likely N-dealkylation sites (tertiary alicyclic amines) is 1. The predicted octanol–water partition coefficient (Wildman–Crippen LogP) is 6.33. The SMILES string of the molecule is O=C(CC[C@H](O)CN1CCc2c(ccc(OCc3cnco3)c2Cl)C1)c1ccc(OC2CCN(Cc3ccccc3)CC2)cc1. The number of β-amino-alcohol motifs (C(OH)–C–C–N with tert-alkyl or cyclic N) is 1. The summed E-state index contributed by atoms with van der Waals surface area (Å²) >= 11 is 6.67. The highest BCUT2D eigenvalue weighted by Gasteiger charge is 2.24. The van der Waals surface area contributed by atoms with E-state index in [-0.39, 0.29) is 18.5 Å². The van der Waals surface area contributed by atoms with Gasteiger partial charge in [0.25, 0.3) is 0 Å². The van der Waals surface area contributed by atoms with E-state index in [4.69, 9.17) is 25.5 Å². The summed E-state index contributed by atoms with van der Waals surface area (Å²) in [6, 6.07) is 21.9. The van der Waals surface area contributed by atoms with E-state index >= 15 is 0 Å². The number of oxazole rings is 1. The number of aliphatic hydroxyl groups is 1. The van der Waals surface area contributed by atoms with Crippen molar-refractivity contribution in [3.05, 3.63) is 112 Å². The van der Waals surface area contributed by atoms with Crippen molar-refractivity contribution in [2.75, 3.05) is 26.2 Å². The second-order valence-corrected chi connectivity index (χ2v) is 12.4. The molecule has 1 fully saturated rings. The highest BCUT2D eigenvalue weighted by Crippen LogP contribution is 2.34. The maximum Gasteiger partial charge on any atom is 0.181 e. The molecule has 1 saturated heterocycles. The maximum absolute atomic E-state index is 12.9. The van der Waals surface area contributed by atoms with Crippen molar-refractivity contribution in [2.45, 2.75) is 64.0 Å². The minimum atomic E-state index is -0.592. The number of aromatic nitrogens is 1. The minimum absolute atomic E-state index is 0.0310. The summed E-state index contributed by atoms with van der Waals surface area (Å²) in [6.07, 6.45) is 6.03. The molecule has 8 nitrogen and oxygen atoms in total. The first-order chi connectivity index (χ1) is 22.0. The fourth-order valence-corrected chi connectivity index (χ4v) is 6.48. The smallest absolute Gasteiger partial charge is 0.181 e. The van der Waals surface area contributed by atoms with Crippen LogP contribution in [0.4, 0.5) is 0 Å². The Morgan fingerprint density at radius 3 is 2.58 bits per heavy atom. The molecule has 0 bridgehead atoms. The van der Waals surface area contributed by atoms with Crippen LogP contribution >= 0.6 is 11.6 Å². The molecule has 0 spiro atoms. The van der Waals surface area contributed by atoms with E-state index in [1.54, 1.807) is 6.20 Å². The minimum Gasteiger partial charge on any atom is -0.490 e. The quantitative estimate of drug-likeness (QED) is 0.172. The average molecular weight is 630 g/mol. The normalized spacial score (nSPS) is 16.7. The molecule has 3 aromatic carbocycles. The molecule has 0 amide bonds. The van der Waals surface area contributed by atoms with Crippen LogP contribution in [0.15, 0.2) is 83.7 Å². The van der Waals surface area contributed by atoms with Gasteiger partial charge < -0.3 is 19.0 Å². The van der Waals surface area contributed by atoms with Crippen molar-refractivity contribution in [3.8, 4) is 11.5 Å². The van der Waals surface area contributed by atoms with Gasteiger partial charge in [-0.05, 0) is 72.7 Å². The molecule has 0 radical (unpaired) electrons.